The topological polar surface area (TPSA) is 70.4 Å². The van der Waals surface area contributed by atoms with Crippen LogP contribution in [0.3, 0.4) is 0 Å². The summed E-state index contributed by atoms with van der Waals surface area (Å²) in [7, 11) is 5.19. The van der Waals surface area contributed by atoms with E-state index in [1.807, 2.05) is 36.1 Å². The van der Waals surface area contributed by atoms with Gasteiger partial charge in [0.25, 0.3) is 0 Å². The number of aryl methyl sites for hydroxylation is 1. The normalized spacial score (nSPS) is 20.4. The van der Waals surface area contributed by atoms with E-state index >= 15 is 0 Å². The Balaban J connectivity index is 1.61. The van der Waals surface area contributed by atoms with Gasteiger partial charge in [-0.3, -0.25) is 4.68 Å². The lowest BCUT2D eigenvalue weighted by molar-refractivity contribution is -0.0323. The highest BCUT2D eigenvalue weighted by Gasteiger charge is 2.29. The van der Waals surface area contributed by atoms with Crippen molar-refractivity contribution in [3.8, 4) is 11.8 Å². The molecule has 0 bridgehead atoms. The third-order valence-electron chi connectivity index (χ3n) is 4.63. The zero-order chi connectivity index (χ0) is 17.6. The Kier molecular flexibility index (Phi) is 5.88. The second-order valence-electron chi connectivity index (χ2n) is 6.23. The number of methoxy groups -OCH3 is 2. The molecular weight excluding hydrogens is 320 g/mol. The third-order valence-corrected chi connectivity index (χ3v) is 4.63. The van der Waals surface area contributed by atoms with Crippen molar-refractivity contribution in [2.75, 3.05) is 27.4 Å². The summed E-state index contributed by atoms with van der Waals surface area (Å²) in [6.45, 7) is 2.36. The van der Waals surface area contributed by atoms with Gasteiger partial charge < -0.3 is 19.5 Å². The maximum Gasteiger partial charge on any atom is 0.220 e. The molecule has 0 aromatic carbocycles. The minimum Gasteiger partial charge on any atom is -0.481 e. The smallest absolute Gasteiger partial charge is 0.220 e. The minimum absolute atomic E-state index is 0.0876. The Labute approximate surface area is 148 Å². The van der Waals surface area contributed by atoms with Crippen LogP contribution in [0, 0.1) is 5.92 Å². The first-order chi connectivity index (χ1) is 12.2. The standard InChI is InChI=1S/C18H26N4O3/c1-22-15(8-9-20-22)17-13(5-4-10-25-17)11-19-12-14-6-7-16(23-2)21-18(14)24-3/h6-9,13,17,19H,4-5,10-12H2,1-3H3/t13-,17+/m0/s1. The van der Waals surface area contributed by atoms with Crippen LogP contribution in [0.5, 0.6) is 11.8 Å². The Morgan fingerprint density at radius 3 is 2.88 bits per heavy atom. The molecule has 0 unspecified atom stereocenters. The summed E-state index contributed by atoms with van der Waals surface area (Å²) < 4.78 is 18.4. The summed E-state index contributed by atoms with van der Waals surface area (Å²) in [5.41, 5.74) is 2.15. The fourth-order valence-electron chi connectivity index (χ4n) is 3.31. The molecule has 0 radical (unpaired) electrons. The second kappa shape index (κ2) is 8.31. The van der Waals surface area contributed by atoms with Crippen LogP contribution in [0.1, 0.15) is 30.2 Å². The molecule has 0 spiro atoms. The third kappa shape index (κ3) is 4.11. The summed E-state index contributed by atoms with van der Waals surface area (Å²) in [6.07, 6.45) is 4.14. The Bertz CT molecular complexity index is 689. The van der Waals surface area contributed by atoms with E-state index in [0.29, 0.717) is 24.2 Å². The van der Waals surface area contributed by atoms with Crippen molar-refractivity contribution in [3.63, 3.8) is 0 Å². The molecule has 0 saturated carbocycles. The lowest BCUT2D eigenvalue weighted by Crippen LogP contribution is -2.32. The first-order valence-corrected chi connectivity index (χ1v) is 8.61. The summed E-state index contributed by atoms with van der Waals surface area (Å²) in [4.78, 5) is 4.32. The van der Waals surface area contributed by atoms with Gasteiger partial charge in [-0.05, 0) is 25.0 Å². The van der Waals surface area contributed by atoms with Crippen LogP contribution < -0.4 is 14.8 Å². The molecule has 2 atom stereocenters. The van der Waals surface area contributed by atoms with Crippen LogP contribution >= 0.6 is 0 Å². The van der Waals surface area contributed by atoms with Crippen molar-refractivity contribution in [3.05, 3.63) is 35.7 Å². The molecule has 1 fully saturated rings. The molecule has 1 aliphatic heterocycles. The summed E-state index contributed by atoms with van der Waals surface area (Å²) in [5.74, 6) is 1.56. The van der Waals surface area contributed by atoms with Crippen LogP contribution in [-0.4, -0.2) is 42.1 Å². The SMILES string of the molecule is COc1ccc(CNC[C@@H]2CCCO[C@H]2c2ccnn2C)c(OC)n1. The van der Waals surface area contributed by atoms with Crippen molar-refractivity contribution >= 4 is 0 Å². The van der Waals surface area contributed by atoms with Gasteiger partial charge in [-0.2, -0.15) is 10.1 Å². The predicted molar refractivity (Wildman–Crippen MR) is 93.7 cm³/mol. The first kappa shape index (κ1) is 17.7. The molecule has 0 aliphatic carbocycles. The zero-order valence-electron chi connectivity index (χ0n) is 15.1. The Morgan fingerprint density at radius 1 is 1.28 bits per heavy atom. The maximum absolute atomic E-state index is 6.04. The van der Waals surface area contributed by atoms with E-state index in [1.165, 1.54) is 0 Å². The van der Waals surface area contributed by atoms with E-state index < -0.39 is 0 Å². The molecular formula is C18H26N4O3. The van der Waals surface area contributed by atoms with Crippen molar-refractivity contribution in [1.29, 1.82) is 0 Å². The monoisotopic (exact) mass is 346 g/mol. The number of pyridine rings is 1. The van der Waals surface area contributed by atoms with Gasteiger partial charge >= 0.3 is 0 Å². The van der Waals surface area contributed by atoms with Crippen LogP contribution in [0.4, 0.5) is 0 Å². The lowest BCUT2D eigenvalue weighted by Gasteiger charge is -2.32. The average molecular weight is 346 g/mol. The van der Waals surface area contributed by atoms with Crippen molar-refractivity contribution in [1.82, 2.24) is 20.1 Å². The zero-order valence-corrected chi connectivity index (χ0v) is 15.1. The number of ether oxygens (including phenoxy) is 3. The van der Waals surface area contributed by atoms with Gasteiger partial charge in [-0.25, -0.2) is 0 Å². The molecule has 25 heavy (non-hydrogen) atoms. The van der Waals surface area contributed by atoms with E-state index in [1.54, 1.807) is 14.2 Å². The van der Waals surface area contributed by atoms with Gasteiger partial charge in [0.1, 0.15) is 6.10 Å². The summed E-state index contributed by atoms with van der Waals surface area (Å²) in [5, 5.41) is 7.80. The molecule has 1 N–H and O–H groups in total. The molecule has 136 valence electrons. The highest BCUT2D eigenvalue weighted by Crippen LogP contribution is 2.33. The number of nitrogens with one attached hydrogen (secondary N) is 1. The molecule has 1 saturated heterocycles. The highest BCUT2D eigenvalue weighted by atomic mass is 16.5. The van der Waals surface area contributed by atoms with Gasteiger partial charge in [-0.15, -0.1) is 0 Å². The summed E-state index contributed by atoms with van der Waals surface area (Å²) in [6, 6.07) is 5.87. The van der Waals surface area contributed by atoms with Crippen molar-refractivity contribution in [2.24, 2.45) is 13.0 Å². The van der Waals surface area contributed by atoms with Gasteiger partial charge in [-0.1, -0.05) is 0 Å². The fourth-order valence-corrected chi connectivity index (χ4v) is 3.31. The minimum atomic E-state index is 0.0876. The van der Waals surface area contributed by atoms with Gasteiger partial charge in [0.15, 0.2) is 0 Å². The number of hydrogen-bond acceptors (Lipinski definition) is 6. The van der Waals surface area contributed by atoms with Crippen LogP contribution in [0.15, 0.2) is 24.4 Å². The van der Waals surface area contributed by atoms with Crippen LogP contribution in [-0.2, 0) is 18.3 Å². The van der Waals surface area contributed by atoms with Gasteiger partial charge in [0.05, 0.1) is 19.9 Å². The maximum atomic E-state index is 6.04. The molecule has 7 heteroatoms. The quantitative estimate of drug-likeness (QED) is 0.828. The summed E-state index contributed by atoms with van der Waals surface area (Å²) >= 11 is 0. The Morgan fingerprint density at radius 2 is 2.16 bits per heavy atom. The van der Waals surface area contributed by atoms with E-state index in [4.69, 9.17) is 14.2 Å². The Hall–Kier alpha value is -2.12. The number of nitrogens with zero attached hydrogens (tertiary/aromatic N) is 3. The van der Waals surface area contributed by atoms with E-state index in [9.17, 15) is 0 Å². The van der Waals surface area contributed by atoms with Crippen molar-refractivity contribution in [2.45, 2.75) is 25.5 Å². The first-order valence-electron chi connectivity index (χ1n) is 8.61. The van der Waals surface area contributed by atoms with Gasteiger partial charge in [0, 0.05) is 50.5 Å². The molecule has 2 aromatic rings. The molecule has 3 rings (SSSR count). The van der Waals surface area contributed by atoms with E-state index in [0.717, 1.165) is 37.3 Å². The predicted octanol–water partition coefficient (Wildman–Crippen LogP) is 2.09. The average Bonchev–Trinajstić information content (AvgIpc) is 3.08. The molecule has 7 nitrogen and oxygen atoms in total. The number of hydrogen-bond donors (Lipinski definition) is 1. The highest BCUT2D eigenvalue weighted by molar-refractivity contribution is 5.30. The second-order valence-corrected chi connectivity index (χ2v) is 6.23. The van der Waals surface area contributed by atoms with Crippen molar-refractivity contribution < 1.29 is 14.2 Å². The fraction of sp³-hybridized carbons (Fsp3) is 0.556. The number of aromatic nitrogens is 3. The van der Waals surface area contributed by atoms with E-state index in [2.05, 4.69) is 15.4 Å². The molecule has 1 aliphatic rings. The molecule has 3 heterocycles. The van der Waals surface area contributed by atoms with Gasteiger partial charge in [0.2, 0.25) is 11.8 Å². The largest absolute Gasteiger partial charge is 0.481 e. The van der Waals surface area contributed by atoms with Crippen LogP contribution in [0.25, 0.3) is 0 Å². The molecule has 0 amide bonds. The lowest BCUT2D eigenvalue weighted by atomic mass is 9.92. The van der Waals surface area contributed by atoms with E-state index in [-0.39, 0.29) is 6.10 Å². The molecule has 2 aromatic heterocycles. The van der Waals surface area contributed by atoms with Crippen LogP contribution in [0.2, 0.25) is 0 Å². The number of rotatable bonds is 7.